The van der Waals surface area contributed by atoms with Crippen molar-refractivity contribution in [3.8, 4) is 5.75 Å². The van der Waals surface area contributed by atoms with Crippen molar-refractivity contribution in [3.05, 3.63) is 23.8 Å². The van der Waals surface area contributed by atoms with Crippen molar-refractivity contribution in [2.24, 2.45) is 10.6 Å². The Morgan fingerprint density at radius 2 is 2.10 bits per heavy atom. The molecule has 0 heterocycles. The van der Waals surface area contributed by atoms with E-state index in [1.807, 2.05) is 0 Å². The summed E-state index contributed by atoms with van der Waals surface area (Å²) in [5, 5.41) is 7.99. The van der Waals surface area contributed by atoms with E-state index in [1.54, 1.807) is 6.92 Å². The largest absolute Gasteiger partial charge is 0.492 e. The summed E-state index contributed by atoms with van der Waals surface area (Å²) >= 11 is 0. The third-order valence-electron chi connectivity index (χ3n) is 3.59. The van der Waals surface area contributed by atoms with Crippen molar-refractivity contribution >= 4 is 15.9 Å². The van der Waals surface area contributed by atoms with Crippen LogP contribution in [0, 0.1) is 5.41 Å². The lowest BCUT2D eigenvalue weighted by atomic mass is 10.1. The molecule has 1 saturated carbocycles. The third-order valence-corrected chi connectivity index (χ3v) is 4.52. The smallest absolute Gasteiger partial charge is 0.251 e. The zero-order chi connectivity index (χ0) is 15.7. The minimum atomic E-state index is -3.95. The van der Waals surface area contributed by atoms with Crippen LogP contribution in [0.5, 0.6) is 5.75 Å². The number of ether oxygens (including phenoxy) is 1. The molecule has 1 aliphatic rings. The van der Waals surface area contributed by atoms with Gasteiger partial charge < -0.3 is 10.1 Å². The molecular formula is C14H20N2O4S. The van der Waals surface area contributed by atoms with E-state index in [2.05, 4.69) is 12.2 Å². The van der Waals surface area contributed by atoms with Gasteiger partial charge in [0.25, 0.3) is 5.91 Å². The van der Waals surface area contributed by atoms with Crippen molar-refractivity contribution < 1.29 is 17.9 Å². The Balaban J connectivity index is 2.22. The Hall–Kier alpha value is -1.60. The van der Waals surface area contributed by atoms with Gasteiger partial charge in [0.15, 0.2) is 0 Å². The molecule has 116 valence electrons. The fourth-order valence-corrected chi connectivity index (χ4v) is 2.63. The number of rotatable bonds is 6. The molecule has 1 aromatic rings. The molecule has 1 aliphatic carbocycles. The molecule has 0 unspecified atom stereocenters. The summed E-state index contributed by atoms with van der Waals surface area (Å²) in [6, 6.07) is 4.24. The van der Waals surface area contributed by atoms with E-state index in [9.17, 15) is 13.2 Å². The van der Waals surface area contributed by atoms with E-state index in [0.29, 0.717) is 13.2 Å². The zero-order valence-corrected chi connectivity index (χ0v) is 13.0. The molecule has 0 bridgehead atoms. The van der Waals surface area contributed by atoms with Gasteiger partial charge in [-0.2, -0.15) is 0 Å². The van der Waals surface area contributed by atoms with Crippen molar-refractivity contribution in [2.45, 2.75) is 31.6 Å². The minimum Gasteiger partial charge on any atom is -0.492 e. The molecule has 1 aromatic carbocycles. The highest BCUT2D eigenvalue weighted by molar-refractivity contribution is 7.89. The predicted octanol–water partition coefficient (Wildman–Crippen LogP) is 1.26. The third kappa shape index (κ3) is 3.95. The van der Waals surface area contributed by atoms with Crippen LogP contribution in [0.25, 0.3) is 0 Å². The zero-order valence-electron chi connectivity index (χ0n) is 12.2. The monoisotopic (exact) mass is 312 g/mol. The molecule has 0 aromatic heterocycles. The maximum absolute atomic E-state index is 12.1. The van der Waals surface area contributed by atoms with Crippen molar-refractivity contribution in [1.82, 2.24) is 5.32 Å². The lowest BCUT2D eigenvalue weighted by Crippen LogP contribution is -2.29. The molecule has 1 amide bonds. The summed E-state index contributed by atoms with van der Waals surface area (Å²) in [4.78, 5) is 11.9. The van der Waals surface area contributed by atoms with E-state index in [4.69, 9.17) is 9.88 Å². The van der Waals surface area contributed by atoms with E-state index in [1.165, 1.54) is 18.2 Å². The van der Waals surface area contributed by atoms with Crippen molar-refractivity contribution in [2.75, 3.05) is 13.2 Å². The van der Waals surface area contributed by atoms with Crippen LogP contribution in [0.3, 0.4) is 0 Å². The van der Waals surface area contributed by atoms with E-state index < -0.39 is 10.0 Å². The van der Waals surface area contributed by atoms with E-state index in [0.717, 1.165) is 12.8 Å². The van der Waals surface area contributed by atoms with Crippen molar-refractivity contribution in [3.63, 3.8) is 0 Å². The first-order chi connectivity index (χ1) is 9.75. The molecule has 0 atom stereocenters. The number of nitrogens with two attached hydrogens (primary N) is 1. The standard InChI is InChI=1S/C14H20N2O4S/c1-3-20-11-5-4-10(8-12(11)21(15,18)19)13(17)16-9-14(2)6-7-14/h4-5,8H,3,6-7,9H2,1-2H3,(H,16,17)(H2,15,18,19). The maximum atomic E-state index is 12.1. The van der Waals surface area contributed by atoms with Crippen LogP contribution in [0.4, 0.5) is 0 Å². The van der Waals surface area contributed by atoms with Crippen LogP contribution in [0.15, 0.2) is 23.1 Å². The lowest BCUT2D eigenvalue weighted by Gasteiger charge is -2.12. The highest BCUT2D eigenvalue weighted by Gasteiger charge is 2.37. The van der Waals surface area contributed by atoms with Gasteiger partial charge in [0.1, 0.15) is 10.6 Å². The summed E-state index contributed by atoms with van der Waals surface area (Å²) in [6.07, 6.45) is 2.19. The number of carbonyl (C=O) groups is 1. The first kappa shape index (κ1) is 15.8. The number of primary sulfonamides is 1. The van der Waals surface area contributed by atoms with Crippen LogP contribution >= 0.6 is 0 Å². The van der Waals surface area contributed by atoms with Gasteiger partial charge in [-0.15, -0.1) is 0 Å². The average Bonchev–Trinajstić information content (AvgIpc) is 3.14. The van der Waals surface area contributed by atoms with Gasteiger partial charge in [0.2, 0.25) is 10.0 Å². The predicted molar refractivity (Wildman–Crippen MR) is 78.7 cm³/mol. The van der Waals surface area contributed by atoms with Crippen molar-refractivity contribution in [1.29, 1.82) is 0 Å². The summed E-state index contributed by atoms with van der Waals surface area (Å²) in [6.45, 7) is 4.74. The molecule has 3 N–H and O–H groups in total. The summed E-state index contributed by atoms with van der Waals surface area (Å²) in [5.74, 6) is -0.151. The number of nitrogens with one attached hydrogen (secondary N) is 1. The number of carbonyl (C=O) groups excluding carboxylic acids is 1. The number of hydrogen-bond donors (Lipinski definition) is 2. The maximum Gasteiger partial charge on any atom is 0.251 e. The highest BCUT2D eigenvalue weighted by atomic mass is 32.2. The quantitative estimate of drug-likeness (QED) is 0.826. The van der Waals surface area contributed by atoms with Crippen LogP contribution in [-0.2, 0) is 10.0 Å². The molecule has 7 heteroatoms. The fourth-order valence-electron chi connectivity index (χ4n) is 1.93. The number of benzene rings is 1. The molecule has 0 radical (unpaired) electrons. The topological polar surface area (TPSA) is 98.5 Å². The second-order valence-corrected chi connectivity index (χ2v) is 7.16. The molecule has 0 aliphatic heterocycles. The number of hydrogen-bond acceptors (Lipinski definition) is 4. The van der Waals surface area contributed by atoms with Gasteiger partial charge in [-0.05, 0) is 43.4 Å². The SMILES string of the molecule is CCOc1ccc(C(=O)NCC2(C)CC2)cc1S(N)(=O)=O. The molecule has 6 nitrogen and oxygen atoms in total. The first-order valence-electron chi connectivity index (χ1n) is 6.83. The van der Waals surface area contributed by atoms with Gasteiger partial charge >= 0.3 is 0 Å². The van der Waals surface area contributed by atoms with E-state index in [-0.39, 0.29) is 27.5 Å². The van der Waals surface area contributed by atoms with Gasteiger partial charge in [-0.25, -0.2) is 13.6 Å². The second-order valence-electron chi connectivity index (χ2n) is 5.63. The second kappa shape index (κ2) is 5.65. The van der Waals surface area contributed by atoms with E-state index >= 15 is 0 Å². The average molecular weight is 312 g/mol. The van der Waals surface area contributed by atoms with Gasteiger partial charge in [0, 0.05) is 12.1 Å². The van der Waals surface area contributed by atoms with Gasteiger partial charge in [-0.3, -0.25) is 4.79 Å². The number of sulfonamides is 1. The summed E-state index contributed by atoms with van der Waals surface area (Å²) in [5.41, 5.74) is 0.440. The molecule has 2 rings (SSSR count). The molecule has 1 fully saturated rings. The molecule has 21 heavy (non-hydrogen) atoms. The molecule has 0 saturated heterocycles. The fraction of sp³-hybridized carbons (Fsp3) is 0.500. The molecular weight excluding hydrogens is 292 g/mol. The van der Waals surface area contributed by atoms with Crippen LogP contribution < -0.4 is 15.2 Å². The van der Waals surface area contributed by atoms with Crippen LogP contribution in [-0.4, -0.2) is 27.5 Å². The Morgan fingerprint density at radius 3 is 2.62 bits per heavy atom. The van der Waals surface area contributed by atoms with Crippen LogP contribution in [0.2, 0.25) is 0 Å². The Labute approximate surface area is 124 Å². The normalized spacial score (nSPS) is 16.3. The van der Waals surface area contributed by atoms with Gasteiger partial charge in [-0.1, -0.05) is 6.92 Å². The summed E-state index contributed by atoms with van der Waals surface area (Å²) in [7, 11) is -3.95. The van der Waals surface area contributed by atoms with Crippen LogP contribution in [0.1, 0.15) is 37.0 Å². The first-order valence-corrected chi connectivity index (χ1v) is 8.38. The Kier molecular flexibility index (Phi) is 4.25. The van der Waals surface area contributed by atoms with Gasteiger partial charge in [0.05, 0.1) is 6.61 Å². The number of amides is 1. The minimum absolute atomic E-state index is 0.158. The Morgan fingerprint density at radius 1 is 1.43 bits per heavy atom. The molecule has 0 spiro atoms. The summed E-state index contributed by atoms with van der Waals surface area (Å²) < 4.78 is 28.4. The Bertz CT molecular complexity index is 651. The lowest BCUT2D eigenvalue weighted by molar-refractivity contribution is 0.0946. The highest BCUT2D eigenvalue weighted by Crippen LogP contribution is 2.44.